The Hall–Kier alpha value is -5.03. The van der Waals surface area contributed by atoms with Crippen LogP contribution in [0.25, 0.3) is 33.7 Å². The summed E-state index contributed by atoms with van der Waals surface area (Å²) in [4.78, 5) is 13.6. The molecule has 3 aromatic carbocycles. The first-order valence-electron chi connectivity index (χ1n) is 13.0. The molecule has 0 fully saturated rings. The Morgan fingerprint density at radius 3 is 2.38 bits per heavy atom. The van der Waals surface area contributed by atoms with Crippen LogP contribution >= 0.6 is 0 Å². The standard InChI is InChI=1S/C31H24F2N4O4S/c1-3-42(39,40)23-10-12-29(41-28-11-9-21(32)18-24(28)33)27(19-23)36-26(17-20-14-16-35(2)31(38)30(20)36)25-13-15-34-37(25)22-7-5-4-6-8-22/h4-19H,3H2,1-2H3. The lowest BCUT2D eigenvalue weighted by Crippen LogP contribution is -2.18. The van der Waals surface area contributed by atoms with Crippen LogP contribution in [0.2, 0.25) is 0 Å². The molecule has 0 aliphatic carbocycles. The largest absolute Gasteiger partial charge is 0.452 e. The lowest BCUT2D eigenvalue weighted by molar-refractivity contribution is 0.436. The van der Waals surface area contributed by atoms with Gasteiger partial charge < -0.3 is 9.30 Å². The average molecular weight is 587 g/mol. The summed E-state index contributed by atoms with van der Waals surface area (Å²) in [6.07, 6.45) is 3.25. The van der Waals surface area contributed by atoms with Crippen LogP contribution < -0.4 is 10.3 Å². The Morgan fingerprint density at radius 2 is 1.64 bits per heavy atom. The minimum absolute atomic E-state index is 0.0101. The zero-order chi connectivity index (χ0) is 29.6. The average Bonchev–Trinajstić information content (AvgIpc) is 3.62. The molecule has 42 heavy (non-hydrogen) atoms. The van der Waals surface area contributed by atoms with Gasteiger partial charge in [0.2, 0.25) is 0 Å². The van der Waals surface area contributed by atoms with Crippen LogP contribution in [-0.4, -0.2) is 33.1 Å². The van der Waals surface area contributed by atoms with Gasteiger partial charge in [-0.2, -0.15) is 5.10 Å². The van der Waals surface area contributed by atoms with Crippen LogP contribution in [0.1, 0.15) is 6.92 Å². The molecule has 212 valence electrons. The van der Waals surface area contributed by atoms with Crippen molar-refractivity contribution in [3.8, 4) is 34.3 Å². The van der Waals surface area contributed by atoms with Gasteiger partial charge in [0.05, 0.1) is 39.6 Å². The number of aryl methyl sites for hydroxylation is 1. The van der Waals surface area contributed by atoms with Gasteiger partial charge in [0.15, 0.2) is 27.2 Å². The highest BCUT2D eigenvalue weighted by atomic mass is 32.2. The zero-order valence-corrected chi connectivity index (χ0v) is 23.3. The van der Waals surface area contributed by atoms with Crippen molar-refractivity contribution in [1.29, 1.82) is 0 Å². The van der Waals surface area contributed by atoms with Crippen molar-refractivity contribution >= 4 is 20.7 Å². The fourth-order valence-electron chi connectivity index (χ4n) is 4.81. The number of sulfone groups is 1. The highest BCUT2D eigenvalue weighted by molar-refractivity contribution is 7.91. The number of ether oxygens (including phenoxy) is 1. The molecule has 3 heterocycles. The third-order valence-corrected chi connectivity index (χ3v) is 8.69. The summed E-state index contributed by atoms with van der Waals surface area (Å²) in [7, 11) is -2.09. The van der Waals surface area contributed by atoms with E-state index in [1.54, 1.807) is 46.9 Å². The minimum Gasteiger partial charge on any atom is -0.452 e. The highest BCUT2D eigenvalue weighted by Gasteiger charge is 2.24. The van der Waals surface area contributed by atoms with Crippen molar-refractivity contribution in [2.24, 2.45) is 7.05 Å². The van der Waals surface area contributed by atoms with Gasteiger partial charge >= 0.3 is 0 Å². The number of fused-ring (bicyclic) bond motifs is 1. The Morgan fingerprint density at radius 1 is 0.881 bits per heavy atom. The smallest absolute Gasteiger partial charge is 0.275 e. The van der Waals surface area contributed by atoms with Crippen LogP contribution in [0, 0.1) is 11.6 Å². The molecular formula is C31H24F2N4O4S. The molecule has 0 spiro atoms. The van der Waals surface area contributed by atoms with E-state index in [1.165, 1.54) is 29.7 Å². The highest BCUT2D eigenvalue weighted by Crippen LogP contribution is 2.38. The molecule has 0 N–H and O–H groups in total. The number of pyridine rings is 1. The van der Waals surface area contributed by atoms with Gasteiger partial charge in [-0.1, -0.05) is 25.1 Å². The van der Waals surface area contributed by atoms with Crippen LogP contribution in [0.15, 0.2) is 107 Å². The number of hydrogen-bond donors (Lipinski definition) is 0. The molecule has 0 radical (unpaired) electrons. The van der Waals surface area contributed by atoms with Crippen LogP contribution in [0.4, 0.5) is 8.78 Å². The Labute approximate surface area is 239 Å². The third-order valence-electron chi connectivity index (χ3n) is 6.96. The molecule has 0 bridgehead atoms. The maximum absolute atomic E-state index is 14.7. The summed E-state index contributed by atoms with van der Waals surface area (Å²) in [5, 5.41) is 5.08. The number of rotatable bonds is 7. The fourth-order valence-corrected chi connectivity index (χ4v) is 5.71. The van der Waals surface area contributed by atoms with E-state index in [9.17, 15) is 22.0 Å². The molecule has 0 aliphatic heterocycles. The van der Waals surface area contributed by atoms with E-state index in [0.717, 1.165) is 17.8 Å². The van der Waals surface area contributed by atoms with Crippen molar-refractivity contribution in [2.75, 3.05) is 5.75 Å². The molecule has 0 saturated heterocycles. The fraction of sp³-hybridized carbons (Fsp3) is 0.0968. The van der Waals surface area contributed by atoms with Crippen LogP contribution in [0.3, 0.4) is 0 Å². The molecule has 3 aromatic heterocycles. The summed E-state index contributed by atoms with van der Waals surface area (Å²) < 4.78 is 65.0. The second-order valence-electron chi connectivity index (χ2n) is 9.57. The Bertz CT molecular complexity index is 2130. The minimum atomic E-state index is -3.70. The number of nitrogens with zero attached hydrogens (tertiary/aromatic N) is 4. The number of aromatic nitrogens is 4. The summed E-state index contributed by atoms with van der Waals surface area (Å²) in [6.45, 7) is 1.53. The quantitative estimate of drug-likeness (QED) is 0.227. The topological polar surface area (TPSA) is 88.1 Å². The summed E-state index contributed by atoms with van der Waals surface area (Å²) >= 11 is 0. The number of benzene rings is 3. The van der Waals surface area contributed by atoms with Crippen molar-refractivity contribution in [3.63, 3.8) is 0 Å². The zero-order valence-electron chi connectivity index (χ0n) is 22.5. The molecular weight excluding hydrogens is 562 g/mol. The van der Waals surface area contributed by atoms with Crippen molar-refractivity contribution in [1.82, 2.24) is 18.9 Å². The maximum atomic E-state index is 14.7. The molecule has 0 saturated carbocycles. The van der Waals surface area contributed by atoms with Crippen LogP contribution in [-0.2, 0) is 16.9 Å². The molecule has 6 rings (SSSR count). The number of para-hydroxylation sites is 1. The normalized spacial score (nSPS) is 11.7. The number of halogens is 2. The first-order chi connectivity index (χ1) is 20.2. The van der Waals surface area contributed by atoms with Gasteiger partial charge in [-0.15, -0.1) is 0 Å². The monoisotopic (exact) mass is 586 g/mol. The second kappa shape index (κ2) is 10.4. The summed E-state index contributed by atoms with van der Waals surface area (Å²) in [5.74, 6) is -2.11. The van der Waals surface area contributed by atoms with Crippen LogP contribution in [0.5, 0.6) is 11.5 Å². The predicted octanol–water partition coefficient (Wildman–Crippen LogP) is 6.05. The summed E-state index contributed by atoms with van der Waals surface area (Å²) in [5.41, 5.74) is 1.92. The van der Waals surface area contributed by atoms with Gasteiger partial charge in [-0.3, -0.25) is 9.36 Å². The van der Waals surface area contributed by atoms with Crippen molar-refractivity contribution in [2.45, 2.75) is 11.8 Å². The lowest BCUT2D eigenvalue weighted by Gasteiger charge is -2.18. The van der Waals surface area contributed by atoms with Crippen molar-refractivity contribution in [3.05, 3.63) is 119 Å². The van der Waals surface area contributed by atoms with E-state index in [4.69, 9.17) is 4.74 Å². The van der Waals surface area contributed by atoms with E-state index in [-0.39, 0.29) is 38.9 Å². The molecule has 0 aliphatic rings. The van der Waals surface area contributed by atoms with Gasteiger partial charge in [-0.05, 0) is 60.7 Å². The van der Waals surface area contributed by atoms with Gasteiger partial charge in [0.25, 0.3) is 5.56 Å². The predicted molar refractivity (Wildman–Crippen MR) is 155 cm³/mol. The molecule has 6 aromatic rings. The van der Waals surface area contributed by atoms with Gasteiger partial charge in [0, 0.05) is 24.7 Å². The summed E-state index contributed by atoms with van der Waals surface area (Å²) in [6, 6.07) is 21.8. The SMILES string of the molecule is CCS(=O)(=O)c1ccc(Oc2ccc(F)cc2F)c(-n2c(-c3ccnn3-c3ccccc3)cc3ccn(C)c(=O)c32)c1. The first kappa shape index (κ1) is 27.2. The molecule has 0 unspecified atom stereocenters. The molecule has 0 amide bonds. The molecule has 0 atom stereocenters. The van der Waals surface area contributed by atoms with Gasteiger partial charge in [-0.25, -0.2) is 21.9 Å². The Kier molecular flexibility index (Phi) is 6.74. The second-order valence-corrected chi connectivity index (χ2v) is 11.9. The van der Waals surface area contributed by atoms with Crippen molar-refractivity contribution < 1.29 is 21.9 Å². The molecule has 11 heteroatoms. The van der Waals surface area contributed by atoms with E-state index in [0.29, 0.717) is 22.8 Å². The number of hydrogen-bond acceptors (Lipinski definition) is 5. The van der Waals surface area contributed by atoms with E-state index >= 15 is 0 Å². The van der Waals surface area contributed by atoms with E-state index in [2.05, 4.69) is 5.10 Å². The molecule has 8 nitrogen and oxygen atoms in total. The third kappa shape index (κ3) is 4.67. The first-order valence-corrected chi connectivity index (χ1v) is 14.6. The van der Waals surface area contributed by atoms with Gasteiger partial charge in [0.1, 0.15) is 11.3 Å². The van der Waals surface area contributed by atoms with E-state index in [1.807, 2.05) is 30.3 Å². The lowest BCUT2D eigenvalue weighted by atomic mass is 10.2. The Balaban J connectivity index is 1.70. The van der Waals surface area contributed by atoms with E-state index < -0.39 is 21.5 Å². The maximum Gasteiger partial charge on any atom is 0.275 e.